The van der Waals surface area contributed by atoms with E-state index in [1.807, 2.05) is 12.3 Å². The number of hydrogen-bond acceptors (Lipinski definition) is 2. The molecule has 0 spiro atoms. The molecule has 12 rings (SSSR count). The fourth-order valence-corrected chi connectivity index (χ4v) is 11.2. The monoisotopic (exact) mass is 979 g/mol. The normalized spacial score (nSPS) is 12.8. The zero-order valence-electron chi connectivity index (χ0n) is 45.5. The average molecular weight is 979 g/mol. The van der Waals surface area contributed by atoms with Crippen molar-refractivity contribution < 1.29 is 9.30 Å². The van der Waals surface area contributed by atoms with Crippen LogP contribution in [0.4, 0.5) is 0 Å². The molecule has 0 fully saturated rings. The molecule has 5 heteroatoms. The highest BCUT2D eigenvalue weighted by molar-refractivity contribution is 6.09. The highest BCUT2D eigenvalue weighted by Crippen LogP contribution is 2.47. The van der Waals surface area contributed by atoms with Crippen molar-refractivity contribution in [3.63, 3.8) is 0 Å². The van der Waals surface area contributed by atoms with Crippen LogP contribution in [0.1, 0.15) is 105 Å². The third-order valence-electron chi connectivity index (χ3n) is 15.4. The highest BCUT2D eigenvalue weighted by Gasteiger charge is 2.30. The van der Waals surface area contributed by atoms with Crippen molar-refractivity contribution in [2.75, 3.05) is 0 Å². The maximum Gasteiger partial charge on any atom is 0.269 e. The number of fused-ring (bicyclic) bond motifs is 10. The second-order valence-electron chi connectivity index (χ2n) is 24.8. The summed E-state index contributed by atoms with van der Waals surface area (Å²) in [6, 6.07) is 64.6. The lowest BCUT2D eigenvalue weighted by Crippen LogP contribution is -2.31. The van der Waals surface area contributed by atoms with Crippen molar-refractivity contribution in [2.45, 2.75) is 105 Å². The van der Waals surface area contributed by atoms with E-state index in [2.05, 4.69) is 273 Å². The van der Waals surface area contributed by atoms with Gasteiger partial charge in [0.2, 0.25) is 0 Å². The number of hydrogen-bond donors (Lipinski definition) is 0. The first kappa shape index (κ1) is 48.0. The Morgan fingerprint density at radius 3 is 1.67 bits per heavy atom. The van der Waals surface area contributed by atoms with E-state index >= 15 is 0 Å². The summed E-state index contributed by atoms with van der Waals surface area (Å²) in [7, 11) is 0. The number of para-hydroxylation sites is 2. The summed E-state index contributed by atoms with van der Waals surface area (Å²) < 4.78 is 13.7. The van der Waals surface area contributed by atoms with Crippen molar-refractivity contribution in [2.24, 2.45) is 0 Å². The molecule has 1 aliphatic rings. The van der Waals surface area contributed by atoms with Crippen LogP contribution in [0.15, 0.2) is 182 Å². The molecule has 0 amide bonds. The number of ether oxygens (including phenoxy) is 1. The minimum atomic E-state index is -0.182. The Morgan fingerprint density at radius 1 is 0.427 bits per heavy atom. The third kappa shape index (κ3) is 8.34. The van der Waals surface area contributed by atoms with E-state index in [1.54, 1.807) is 0 Å². The topological polar surface area (TPSA) is 35.9 Å². The predicted octanol–water partition coefficient (Wildman–Crippen LogP) is 18.2. The van der Waals surface area contributed by atoms with Crippen LogP contribution in [0.25, 0.3) is 94.5 Å². The van der Waals surface area contributed by atoms with E-state index in [0.29, 0.717) is 0 Å². The number of aromatic nitrogens is 4. The molecule has 0 radical (unpaired) electrons. The van der Waals surface area contributed by atoms with Crippen LogP contribution >= 0.6 is 0 Å². The Labute approximate surface area is 442 Å². The van der Waals surface area contributed by atoms with E-state index in [4.69, 9.17) is 9.72 Å². The number of pyridine rings is 1. The molecule has 0 aliphatic carbocycles. The van der Waals surface area contributed by atoms with Crippen molar-refractivity contribution in [1.82, 2.24) is 14.1 Å². The molecule has 372 valence electrons. The molecule has 75 heavy (non-hydrogen) atoms. The number of rotatable bonds is 5. The summed E-state index contributed by atoms with van der Waals surface area (Å²) in [5.74, 6) is 2.36. The first-order chi connectivity index (χ1) is 35.7. The van der Waals surface area contributed by atoms with Crippen LogP contribution in [0.2, 0.25) is 0 Å². The van der Waals surface area contributed by atoms with Crippen LogP contribution < -0.4 is 9.30 Å². The number of benzene rings is 8. The molecule has 1 aliphatic heterocycles. The van der Waals surface area contributed by atoms with E-state index in [0.717, 1.165) is 61.7 Å². The highest BCUT2D eigenvalue weighted by atomic mass is 16.5. The van der Waals surface area contributed by atoms with E-state index < -0.39 is 0 Å². The molecule has 0 saturated heterocycles. The summed E-state index contributed by atoms with van der Waals surface area (Å²) in [5.41, 5.74) is 20.7. The lowest BCUT2D eigenvalue weighted by atomic mass is 9.75. The van der Waals surface area contributed by atoms with E-state index in [-0.39, 0.29) is 21.7 Å². The summed E-state index contributed by atoms with van der Waals surface area (Å²) >= 11 is 0. The standard InChI is InChI=1S/C70H66N4O/c1-67(2,3)45-33-34-71-65(38-45)74-61-29-18-17-27-55(61)56-32-31-50(40-64(56)74)75-49-22-19-21-48(39-49)72-43-73-63-42-58(44-35-46(68(4,5)6)37-47(36-44)69(7,8)9)60(70(10,11)12)41-59(63)54-26-16-14-24-52(54)51-23-13-15-25-53(51)57-28-20-30-62(72)66(57)73/h13-42H,1-12H3. The van der Waals surface area contributed by atoms with Gasteiger partial charge >= 0.3 is 0 Å². The Hall–Kier alpha value is -8.02. The average Bonchev–Trinajstić information content (AvgIpc) is 3.96. The van der Waals surface area contributed by atoms with E-state index in [9.17, 15) is 0 Å². The van der Waals surface area contributed by atoms with Gasteiger partial charge in [0.25, 0.3) is 6.33 Å². The van der Waals surface area contributed by atoms with Gasteiger partial charge in [0.05, 0.1) is 33.4 Å². The summed E-state index contributed by atoms with van der Waals surface area (Å²) in [5, 5.41) is 2.32. The van der Waals surface area contributed by atoms with Gasteiger partial charge in [0, 0.05) is 23.0 Å². The quantitative estimate of drug-likeness (QED) is 0.127. The van der Waals surface area contributed by atoms with Gasteiger partial charge in [0.15, 0.2) is 0 Å². The van der Waals surface area contributed by atoms with Crippen molar-refractivity contribution >= 4 is 32.8 Å². The summed E-state index contributed by atoms with van der Waals surface area (Å²) in [4.78, 5) is 4.93. The molecule has 0 bridgehead atoms. The maximum absolute atomic E-state index is 6.90. The van der Waals surface area contributed by atoms with E-state index in [1.165, 1.54) is 66.6 Å². The van der Waals surface area contributed by atoms with Gasteiger partial charge in [-0.25, -0.2) is 4.98 Å². The Bertz CT molecular complexity index is 4050. The van der Waals surface area contributed by atoms with Crippen LogP contribution in [-0.4, -0.2) is 14.1 Å². The van der Waals surface area contributed by atoms with Crippen LogP contribution in [-0.2, 0) is 21.7 Å². The zero-order chi connectivity index (χ0) is 52.3. The first-order valence-corrected chi connectivity index (χ1v) is 26.5. The SMILES string of the molecule is CC(C)(C)c1cc(-c2cc3c(cc2C(C)(C)C)-c2ccccc2-c2ccccc2-c2cccc4c2[n+]-3[c-]n4-c2cccc(Oc3ccc4c5ccccc5n(-c5cc(C(C)(C)C)ccn5)c4c3)c2)cc(C(C)(C)C)c1. The lowest BCUT2D eigenvalue weighted by molar-refractivity contribution is -0.571. The van der Waals surface area contributed by atoms with Crippen LogP contribution in [0.5, 0.6) is 11.5 Å². The Kier molecular flexibility index (Phi) is 11.0. The zero-order valence-corrected chi connectivity index (χ0v) is 45.5. The molecular formula is C70H66N4O. The number of imidazole rings is 1. The Balaban J connectivity index is 1.07. The largest absolute Gasteiger partial charge is 0.458 e. The second kappa shape index (κ2) is 17.3. The van der Waals surface area contributed by atoms with Gasteiger partial charge in [0.1, 0.15) is 17.3 Å². The molecule has 0 saturated carbocycles. The van der Waals surface area contributed by atoms with Gasteiger partial charge in [-0.15, -0.1) is 0 Å². The molecule has 11 aromatic rings. The molecule has 0 N–H and O–H groups in total. The molecule has 5 nitrogen and oxygen atoms in total. The summed E-state index contributed by atoms with van der Waals surface area (Å²) in [6.07, 6.45) is 5.93. The fraction of sp³-hybridized carbons (Fsp3) is 0.229. The van der Waals surface area contributed by atoms with Crippen molar-refractivity contribution in [3.8, 4) is 73.2 Å². The maximum atomic E-state index is 6.90. The third-order valence-corrected chi connectivity index (χ3v) is 15.4. The predicted molar refractivity (Wildman–Crippen MR) is 312 cm³/mol. The minimum absolute atomic E-state index is 0.0261. The second-order valence-corrected chi connectivity index (χ2v) is 24.8. The van der Waals surface area contributed by atoms with Crippen LogP contribution in [0, 0.1) is 6.33 Å². The van der Waals surface area contributed by atoms with Crippen molar-refractivity contribution in [1.29, 1.82) is 0 Å². The van der Waals surface area contributed by atoms with Gasteiger partial charge in [-0.2, -0.15) is 0 Å². The molecule has 4 heterocycles. The minimum Gasteiger partial charge on any atom is -0.458 e. The fourth-order valence-electron chi connectivity index (χ4n) is 11.2. The molecule has 3 aromatic heterocycles. The molecule has 0 unspecified atom stereocenters. The van der Waals surface area contributed by atoms with Gasteiger partial charge in [-0.3, -0.25) is 13.7 Å². The van der Waals surface area contributed by atoms with Crippen LogP contribution in [0.3, 0.4) is 0 Å². The summed E-state index contributed by atoms with van der Waals surface area (Å²) in [6.45, 7) is 27.8. The first-order valence-electron chi connectivity index (χ1n) is 26.5. The van der Waals surface area contributed by atoms with Gasteiger partial charge in [-0.05, 0) is 143 Å². The smallest absolute Gasteiger partial charge is 0.269 e. The lowest BCUT2D eigenvalue weighted by Gasteiger charge is -2.30. The van der Waals surface area contributed by atoms with Crippen molar-refractivity contribution in [3.05, 3.63) is 211 Å². The number of nitrogens with zero attached hydrogens (tertiary/aromatic N) is 4. The molecule has 0 atom stereocenters. The van der Waals surface area contributed by atoms with Gasteiger partial charge < -0.3 is 4.74 Å². The molecular weight excluding hydrogens is 913 g/mol. The Morgan fingerprint density at radius 2 is 1.00 bits per heavy atom. The molecule has 8 aromatic carbocycles. The van der Waals surface area contributed by atoms with Gasteiger partial charge in [-0.1, -0.05) is 198 Å².